The summed E-state index contributed by atoms with van der Waals surface area (Å²) in [6.45, 7) is 4.66. The van der Waals surface area contributed by atoms with Gasteiger partial charge >= 0.3 is 0 Å². The molecule has 3 heterocycles. The fraction of sp³-hybridized carbons (Fsp3) is 0.259. The number of carbonyl (C=O) groups is 2. The number of amides is 2. The van der Waals surface area contributed by atoms with E-state index in [0.29, 0.717) is 28.9 Å². The minimum atomic E-state index is -0.582. The Morgan fingerprint density at radius 2 is 1.83 bits per heavy atom. The van der Waals surface area contributed by atoms with Crippen LogP contribution in [-0.4, -0.2) is 28.3 Å². The average Bonchev–Trinajstić information content (AvgIpc) is 3.51. The molecule has 0 bridgehead atoms. The second-order valence-corrected chi connectivity index (χ2v) is 9.59. The third-order valence-corrected chi connectivity index (χ3v) is 6.70. The van der Waals surface area contributed by atoms with Crippen LogP contribution in [0.4, 0.5) is 4.39 Å². The van der Waals surface area contributed by atoms with E-state index in [0.717, 1.165) is 29.1 Å². The number of halogens is 2. The molecule has 5 rings (SSSR count). The van der Waals surface area contributed by atoms with Crippen molar-refractivity contribution >= 4 is 60.8 Å². The van der Waals surface area contributed by atoms with Crippen molar-refractivity contribution in [2.75, 3.05) is 11.9 Å². The van der Waals surface area contributed by atoms with E-state index in [1.807, 2.05) is 42.8 Å². The van der Waals surface area contributed by atoms with E-state index in [9.17, 15) is 14.0 Å². The second kappa shape index (κ2) is 9.34. The molecule has 0 spiro atoms. The summed E-state index contributed by atoms with van der Waals surface area (Å²) in [4.78, 5) is 26.1. The third kappa shape index (κ3) is 4.16. The molecule has 2 amide bonds. The molecule has 0 radical (unpaired) electrons. The molecule has 4 aromatic rings. The molecular formula is C27H24BrFN2O4. The molecule has 1 aliphatic rings. The Morgan fingerprint density at radius 3 is 2.57 bits per heavy atom. The van der Waals surface area contributed by atoms with Crippen LogP contribution in [-0.2, 0) is 9.59 Å². The van der Waals surface area contributed by atoms with E-state index in [1.54, 1.807) is 6.07 Å². The van der Waals surface area contributed by atoms with E-state index >= 15 is 0 Å². The van der Waals surface area contributed by atoms with E-state index in [4.69, 9.17) is 9.15 Å². The third-order valence-electron chi connectivity index (χ3n) is 6.14. The van der Waals surface area contributed by atoms with E-state index in [1.165, 1.54) is 18.4 Å². The number of imide groups is 1. The lowest BCUT2D eigenvalue weighted by Crippen LogP contribution is -2.22. The fourth-order valence-corrected chi connectivity index (χ4v) is 4.93. The number of fused-ring (bicyclic) bond motifs is 2. The van der Waals surface area contributed by atoms with Gasteiger partial charge in [-0.3, -0.25) is 14.9 Å². The minimum Gasteiger partial charge on any atom is -0.494 e. The van der Waals surface area contributed by atoms with Crippen molar-refractivity contribution in [1.29, 1.82) is 0 Å². The number of ether oxygens (including phenoxy) is 1. The summed E-state index contributed by atoms with van der Waals surface area (Å²) in [5.41, 5.74) is 2.38. The molecule has 8 heteroatoms. The van der Waals surface area contributed by atoms with E-state index in [2.05, 4.69) is 21.2 Å². The molecule has 0 atom stereocenters. The van der Waals surface area contributed by atoms with Gasteiger partial charge in [0.15, 0.2) is 0 Å². The van der Waals surface area contributed by atoms with Gasteiger partial charge in [0, 0.05) is 45.0 Å². The van der Waals surface area contributed by atoms with E-state index in [-0.39, 0.29) is 22.8 Å². The van der Waals surface area contributed by atoms with Crippen LogP contribution in [0.15, 0.2) is 53.3 Å². The Morgan fingerprint density at radius 1 is 1.06 bits per heavy atom. The fourth-order valence-electron chi connectivity index (χ4n) is 4.54. The SMILES string of the molecule is CC(C)n1cc(C2=C(c3cc(F)cc4ccoc34)C(=O)NC2=O)c2cc(OCCCCBr)ccc21. The summed E-state index contributed by atoms with van der Waals surface area (Å²) in [5, 5.41) is 4.61. The van der Waals surface area contributed by atoms with Crippen molar-refractivity contribution in [2.24, 2.45) is 0 Å². The van der Waals surface area contributed by atoms with Crippen LogP contribution < -0.4 is 10.1 Å². The molecular weight excluding hydrogens is 515 g/mol. The van der Waals surface area contributed by atoms with Gasteiger partial charge < -0.3 is 13.7 Å². The summed E-state index contributed by atoms with van der Waals surface area (Å²) in [7, 11) is 0. The molecule has 0 aliphatic carbocycles. The first-order chi connectivity index (χ1) is 16.9. The number of hydrogen-bond acceptors (Lipinski definition) is 4. The highest BCUT2D eigenvalue weighted by Crippen LogP contribution is 2.40. The van der Waals surface area contributed by atoms with Gasteiger partial charge in [0.05, 0.1) is 24.0 Å². The highest BCUT2D eigenvalue weighted by atomic mass is 79.9. The monoisotopic (exact) mass is 538 g/mol. The Hall–Kier alpha value is -3.39. The van der Waals surface area contributed by atoms with Gasteiger partial charge in [-0.2, -0.15) is 0 Å². The Balaban J connectivity index is 1.73. The smallest absolute Gasteiger partial charge is 0.259 e. The molecule has 35 heavy (non-hydrogen) atoms. The largest absolute Gasteiger partial charge is 0.494 e. The first-order valence-corrected chi connectivity index (χ1v) is 12.6. The molecule has 1 aliphatic heterocycles. The van der Waals surface area contributed by atoms with Crippen LogP contribution in [0, 0.1) is 5.82 Å². The molecule has 2 aromatic carbocycles. The van der Waals surface area contributed by atoms with Crippen LogP contribution in [0.3, 0.4) is 0 Å². The lowest BCUT2D eigenvalue weighted by molar-refractivity contribution is -0.122. The van der Waals surface area contributed by atoms with Crippen LogP contribution in [0.2, 0.25) is 0 Å². The maximum atomic E-state index is 14.5. The first kappa shape index (κ1) is 23.4. The van der Waals surface area contributed by atoms with Crippen molar-refractivity contribution in [3.05, 3.63) is 65.8 Å². The van der Waals surface area contributed by atoms with E-state index < -0.39 is 17.6 Å². The second-order valence-electron chi connectivity index (χ2n) is 8.79. The van der Waals surface area contributed by atoms with Gasteiger partial charge in [0.1, 0.15) is 17.1 Å². The Bertz CT molecular complexity index is 1500. The summed E-state index contributed by atoms with van der Waals surface area (Å²) in [6, 6.07) is 10.1. The minimum absolute atomic E-state index is 0.0981. The van der Waals surface area contributed by atoms with Gasteiger partial charge in [-0.1, -0.05) is 15.9 Å². The summed E-state index contributed by atoms with van der Waals surface area (Å²) in [5.74, 6) is -0.945. The maximum Gasteiger partial charge on any atom is 0.259 e. The van der Waals surface area contributed by atoms with Gasteiger partial charge in [-0.15, -0.1) is 0 Å². The maximum absolute atomic E-state index is 14.5. The number of nitrogens with one attached hydrogen (secondary N) is 1. The normalized spacial score (nSPS) is 14.1. The van der Waals surface area contributed by atoms with Gasteiger partial charge in [-0.25, -0.2) is 4.39 Å². The Labute approximate surface area is 209 Å². The zero-order chi connectivity index (χ0) is 24.7. The van der Waals surface area contributed by atoms with Crippen LogP contribution >= 0.6 is 15.9 Å². The van der Waals surface area contributed by atoms with Crippen LogP contribution in [0.25, 0.3) is 33.0 Å². The van der Waals surface area contributed by atoms with Crippen molar-refractivity contribution < 1.29 is 23.1 Å². The van der Waals surface area contributed by atoms with Crippen LogP contribution in [0.1, 0.15) is 43.9 Å². The van der Waals surface area contributed by atoms with Gasteiger partial charge in [-0.05, 0) is 63.1 Å². The van der Waals surface area contributed by atoms with Crippen molar-refractivity contribution in [2.45, 2.75) is 32.7 Å². The van der Waals surface area contributed by atoms with Gasteiger partial charge in [0.25, 0.3) is 11.8 Å². The number of benzene rings is 2. The number of aromatic nitrogens is 1. The van der Waals surface area contributed by atoms with Gasteiger partial charge in [0.2, 0.25) is 0 Å². The number of rotatable bonds is 8. The first-order valence-electron chi connectivity index (χ1n) is 11.5. The molecule has 2 aromatic heterocycles. The molecule has 180 valence electrons. The van der Waals surface area contributed by atoms with Crippen molar-refractivity contribution in [1.82, 2.24) is 9.88 Å². The highest BCUT2D eigenvalue weighted by Gasteiger charge is 2.35. The quantitative estimate of drug-likeness (QED) is 0.164. The summed E-state index contributed by atoms with van der Waals surface area (Å²) < 4.78 is 28.0. The predicted octanol–water partition coefficient (Wildman–Crippen LogP) is 6.23. The van der Waals surface area contributed by atoms with Crippen LogP contribution in [0.5, 0.6) is 5.75 Å². The number of nitrogens with zero attached hydrogens (tertiary/aromatic N) is 1. The lowest BCUT2D eigenvalue weighted by Gasteiger charge is -2.10. The summed E-state index contributed by atoms with van der Waals surface area (Å²) in [6.07, 6.45) is 5.22. The number of carbonyl (C=O) groups excluding carboxylic acids is 2. The predicted molar refractivity (Wildman–Crippen MR) is 137 cm³/mol. The standard InChI is InChI=1S/C27H24BrFN2O4/c1-15(2)31-14-21(19-13-18(5-6-22(19)31)34-9-4-3-8-28)24-23(26(32)30-27(24)33)20-12-17(29)11-16-7-10-35-25(16)20/h5-7,10-15H,3-4,8-9H2,1-2H3,(H,30,32,33). The average molecular weight is 539 g/mol. The Kier molecular flexibility index (Phi) is 6.23. The lowest BCUT2D eigenvalue weighted by atomic mass is 9.95. The summed E-state index contributed by atoms with van der Waals surface area (Å²) >= 11 is 3.43. The molecule has 1 N–H and O–H groups in total. The molecule has 0 fully saturated rings. The molecule has 0 saturated heterocycles. The molecule has 0 saturated carbocycles. The number of unbranched alkanes of at least 4 members (excludes halogenated alkanes) is 1. The topological polar surface area (TPSA) is 73.5 Å². The number of furan rings is 1. The molecule has 6 nitrogen and oxygen atoms in total. The van der Waals surface area contributed by atoms with Crippen molar-refractivity contribution in [3.8, 4) is 5.75 Å². The zero-order valence-corrected chi connectivity index (χ0v) is 20.9. The number of hydrogen-bond donors (Lipinski definition) is 1. The zero-order valence-electron chi connectivity index (χ0n) is 19.4. The number of alkyl halides is 1. The molecule has 0 unspecified atom stereocenters. The highest BCUT2D eigenvalue weighted by molar-refractivity contribution is 9.09. The van der Waals surface area contributed by atoms with Crippen molar-refractivity contribution in [3.63, 3.8) is 0 Å².